The molecule has 4 aromatic carbocycles. The van der Waals surface area contributed by atoms with Crippen LogP contribution in [0.15, 0.2) is 109 Å². The highest BCUT2D eigenvalue weighted by Crippen LogP contribution is 2.21. The molecule has 0 atom stereocenters. The number of amides is 4. The molecule has 4 amide bonds. The number of nitrogens with two attached hydrogens (primary N) is 1. The van der Waals surface area contributed by atoms with Crippen molar-refractivity contribution < 1.29 is 46.7 Å². The van der Waals surface area contributed by atoms with Gasteiger partial charge in [-0.1, -0.05) is 81.1 Å². The first kappa shape index (κ1) is 51.5. The standard InChI is InChI=1S/C17H23NO3.C15H18F3NO2.C15H15N3O2/c1-2-15(19)16(20)12-8-3-4-9-13-17(21)18-14-10-6-5-7-11-14;16-15(17,18)13(20)10-6-1-2-7-11-14(21)19-12-8-4-3-5-9-12;1-10(19)17-12-8-6-11(7-9-12)15(20)18-14-5-3-2-4-13(14)16/h5-7,10-11H,2-4,8-9,12-13H2,1H3,(H,18,21);3-5,8-9H,1-2,6-7,10-11H2,(H,19,21);2-9H,16H2,1H3,(H,17,19)(H,18,20). The zero-order valence-corrected chi connectivity index (χ0v) is 35.2. The van der Waals surface area contributed by atoms with Gasteiger partial charge >= 0.3 is 6.18 Å². The number of hydrogen-bond donors (Lipinski definition) is 5. The van der Waals surface area contributed by atoms with Crippen LogP contribution in [0.25, 0.3) is 0 Å². The van der Waals surface area contributed by atoms with E-state index in [0.717, 1.165) is 37.1 Å². The summed E-state index contributed by atoms with van der Waals surface area (Å²) in [5.74, 6) is -2.73. The van der Waals surface area contributed by atoms with Crippen molar-refractivity contribution in [2.75, 3.05) is 27.0 Å². The Balaban J connectivity index is 0.000000320. The fourth-order valence-electron chi connectivity index (χ4n) is 5.53. The second-order valence-corrected chi connectivity index (χ2v) is 14.1. The number of rotatable bonds is 21. The minimum absolute atomic E-state index is 0.0124. The minimum atomic E-state index is -4.73. The Kier molecular flexibility index (Phi) is 23.9. The largest absolute Gasteiger partial charge is 0.449 e. The summed E-state index contributed by atoms with van der Waals surface area (Å²) >= 11 is 0. The molecule has 0 aliphatic carbocycles. The smallest absolute Gasteiger partial charge is 0.397 e. The number of Topliss-reactive ketones (excluding diaryl/α,β-unsaturated/α-hetero) is 3. The molecule has 332 valence electrons. The topological polar surface area (TPSA) is 194 Å². The highest BCUT2D eigenvalue weighted by atomic mass is 19.4. The summed E-state index contributed by atoms with van der Waals surface area (Å²) in [7, 11) is 0. The van der Waals surface area contributed by atoms with Crippen LogP contribution in [0, 0.1) is 0 Å². The number of halogens is 3. The Labute approximate surface area is 360 Å². The molecule has 0 unspecified atom stereocenters. The Morgan fingerprint density at radius 1 is 0.500 bits per heavy atom. The van der Waals surface area contributed by atoms with E-state index in [1.807, 2.05) is 48.5 Å². The van der Waals surface area contributed by atoms with Crippen LogP contribution in [-0.4, -0.2) is 47.2 Å². The average molecular weight is 860 g/mol. The molecule has 0 heterocycles. The zero-order chi connectivity index (χ0) is 45.8. The number of para-hydroxylation sites is 4. The molecule has 0 aliphatic heterocycles. The van der Waals surface area contributed by atoms with Crippen molar-refractivity contribution in [2.24, 2.45) is 0 Å². The van der Waals surface area contributed by atoms with Crippen molar-refractivity contribution in [1.29, 1.82) is 0 Å². The summed E-state index contributed by atoms with van der Waals surface area (Å²) in [6.07, 6.45) is 1.48. The highest BCUT2D eigenvalue weighted by Gasteiger charge is 2.37. The van der Waals surface area contributed by atoms with Crippen molar-refractivity contribution in [2.45, 2.75) is 103 Å². The molecule has 15 heteroatoms. The van der Waals surface area contributed by atoms with E-state index in [4.69, 9.17) is 5.73 Å². The maximum absolute atomic E-state index is 12.0. The molecular weight excluding hydrogens is 804 g/mol. The van der Waals surface area contributed by atoms with Crippen molar-refractivity contribution >= 4 is 69.4 Å². The quantitative estimate of drug-likeness (QED) is 0.0310. The molecule has 0 saturated carbocycles. The summed E-state index contributed by atoms with van der Waals surface area (Å²) in [6.45, 7) is 3.13. The number of ketones is 3. The van der Waals surface area contributed by atoms with Crippen molar-refractivity contribution in [3.8, 4) is 0 Å². The molecule has 0 radical (unpaired) electrons. The normalized spacial score (nSPS) is 10.4. The lowest BCUT2D eigenvalue weighted by atomic mass is 10.1. The van der Waals surface area contributed by atoms with Crippen LogP contribution >= 0.6 is 0 Å². The van der Waals surface area contributed by atoms with Crippen molar-refractivity contribution in [3.05, 3.63) is 115 Å². The first-order valence-electron chi connectivity index (χ1n) is 20.5. The fraction of sp³-hybridized carbons (Fsp3) is 0.340. The van der Waals surface area contributed by atoms with Crippen LogP contribution in [-0.2, 0) is 28.8 Å². The van der Waals surface area contributed by atoms with Crippen molar-refractivity contribution in [3.63, 3.8) is 0 Å². The van der Waals surface area contributed by atoms with E-state index < -0.39 is 18.4 Å². The number of unbranched alkanes of at least 4 members (excludes halogenated alkanes) is 6. The molecule has 0 aliphatic rings. The monoisotopic (exact) mass is 859 g/mol. The van der Waals surface area contributed by atoms with Crippen LogP contribution in [0.3, 0.4) is 0 Å². The number of alkyl halides is 3. The number of nitrogens with one attached hydrogen (secondary N) is 4. The number of carbonyl (C=O) groups is 7. The number of hydrogen-bond acceptors (Lipinski definition) is 8. The number of carbonyl (C=O) groups excluding carboxylic acids is 7. The molecule has 0 aromatic heterocycles. The predicted molar refractivity (Wildman–Crippen MR) is 236 cm³/mol. The molecule has 0 spiro atoms. The molecule has 6 N–H and O–H groups in total. The van der Waals surface area contributed by atoms with Gasteiger partial charge in [0.15, 0.2) is 11.6 Å². The minimum Gasteiger partial charge on any atom is -0.397 e. The van der Waals surface area contributed by atoms with Gasteiger partial charge < -0.3 is 27.0 Å². The van der Waals surface area contributed by atoms with Gasteiger partial charge in [-0.3, -0.25) is 33.6 Å². The summed E-state index contributed by atoms with van der Waals surface area (Å²) in [5.41, 5.74) is 9.51. The second kappa shape index (κ2) is 28.8. The van der Waals surface area contributed by atoms with Gasteiger partial charge in [0.1, 0.15) is 0 Å². The van der Waals surface area contributed by atoms with E-state index in [2.05, 4.69) is 21.3 Å². The maximum atomic E-state index is 12.0. The zero-order valence-electron chi connectivity index (χ0n) is 35.2. The van der Waals surface area contributed by atoms with Gasteiger partial charge in [-0.25, -0.2) is 0 Å². The van der Waals surface area contributed by atoms with Crippen LogP contribution in [0.2, 0.25) is 0 Å². The molecule has 0 saturated heterocycles. The van der Waals surface area contributed by atoms with Crippen LogP contribution < -0.4 is 27.0 Å². The predicted octanol–water partition coefficient (Wildman–Crippen LogP) is 10.1. The lowest BCUT2D eigenvalue weighted by Crippen LogP contribution is -2.22. The van der Waals surface area contributed by atoms with Crippen molar-refractivity contribution in [1.82, 2.24) is 0 Å². The number of anilines is 5. The molecule has 4 rings (SSSR count). The van der Waals surface area contributed by atoms with Crippen LogP contribution in [0.1, 0.15) is 108 Å². The first-order chi connectivity index (χ1) is 29.6. The van der Waals surface area contributed by atoms with Crippen LogP contribution in [0.4, 0.5) is 41.6 Å². The SMILES string of the molecule is CC(=O)Nc1ccc(C(=O)Nc2ccccc2N)cc1.CCC(=O)C(=O)CCCCCCC(=O)Nc1ccccc1.O=C(CCCCCCC(=O)C(F)(F)F)Nc1ccccc1. The summed E-state index contributed by atoms with van der Waals surface area (Å²) in [4.78, 5) is 79.2. The van der Waals surface area contributed by atoms with Gasteiger partial charge in [0.05, 0.1) is 11.4 Å². The first-order valence-corrected chi connectivity index (χ1v) is 20.5. The second-order valence-electron chi connectivity index (χ2n) is 14.1. The molecule has 12 nitrogen and oxygen atoms in total. The van der Waals surface area contributed by atoms with Gasteiger partial charge in [-0.15, -0.1) is 0 Å². The molecule has 0 fully saturated rings. The summed E-state index contributed by atoms with van der Waals surface area (Å²) < 4.78 is 35.8. The third-order valence-electron chi connectivity index (χ3n) is 8.86. The van der Waals surface area contributed by atoms with E-state index in [1.165, 1.54) is 6.92 Å². The molecule has 0 bridgehead atoms. The Hall–Kier alpha value is -6.64. The Bertz CT molecular complexity index is 2030. The number of nitrogen functional groups attached to an aromatic ring is 1. The maximum Gasteiger partial charge on any atom is 0.449 e. The Morgan fingerprint density at radius 2 is 0.935 bits per heavy atom. The third-order valence-corrected chi connectivity index (χ3v) is 8.86. The van der Waals surface area contributed by atoms with Gasteiger partial charge in [-0.05, 0) is 86.3 Å². The third kappa shape index (κ3) is 22.7. The van der Waals surface area contributed by atoms with Gasteiger partial charge in [0.2, 0.25) is 23.5 Å². The molecule has 4 aromatic rings. The van der Waals surface area contributed by atoms with Crippen LogP contribution in [0.5, 0.6) is 0 Å². The van der Waals surface area contributed by atoms with E-state index in [0.29, 0.717) is 67.6 Å². The van der Waals surface area contributed by atoms with Gasteiger partial charge in [0, 0.05) is 61.7 Å². The van der Waals surface area contributed by atoms with Gasteiger partial charge in [-0.2, -0.15) is 13.2 Å². The molecule has 62 heavy (non-hydrogen) atoms. The average Bonchev–Trinajstić information content (AvgIpc) is 3.24. The van der Waals surface area contributed by atoms with E-state index in [1.54, 1.807) is 67.6 Å². The summed E-state index contributed by atoms with van der Waals surface area (Å²) in [6, 6.07) is 32.1. The highest BCUT2D eigenvalue weighted by molar-refractivity contribution is 6.37. The van der Waals surface area contributed by atoms with E-state index in [-0.39, 0.29) is 41.6 Å². The fourth-order valence-corrected chi connectivity index (χ4v) is 5.53. The van der Waals surface area contributed by atoms with Gasteiger partial charge in [0.25, 0.3) is 5.91 Å². The van der Waals surface area contributed by atoms with E-state index >= 15 is 0 Å². The lowest BCUT2D eigenvalue weighted by Gasteiger charge is -2.08. The Morgan fingerprint density at radius 3 is 1.39 bits per heavy atom. The molecular formula is C47H56F3N5O7. The lowest BCUT2D eigenvalue weighted by molar-refractivity contribution is -0.171. The summed E-state index contributed by atoms with van der Waals surface area (Å²) in [5, 5.41) is 10.9. The number of benzene rings is 4. The van der Waals surface area contributed by atoms with E-state index in [9.17, 15) is 46.7 Å².